The second-order valence-electron chi connectivity index (χ2n) is 5.83. The fraction of sp³-hybridized carbons (Fsp3) is 0.500. The average Bonchev–Trinajstić information content (AvgIpc) is 2.60. The van der Waals surface area contributed by atoms with Crippen LogP contribution in [-0.2, 0) is 4.79 Å². The van der Waals surface area contributed by atoms with Crippen LogP contribution < -0.4 is 21.1 Å². The summed E-state index contributed by atoms with van der Waals surface area (Å²) in [6.07, 6.45) is -4.43. The quantitative estimate of drug-likeness (QED) is 0.630. The van der Waals surface area contributed by atoms with Crippen molar-refractivity contribution < 1.29 is 27.5 Å². The van der Waals surface area contributed by atoms with Crippen molar-refractivity contribution in [2.75, 3.05) is 39.3 Å². The van der Waals surface area contributed by atoms with Gasteiger partial charge in [-0.2, -0.15) is 13.2 Å². The summed E-state index contributed by atoms with van der Waals surface area (Å²) in [5, 5.41) is 5.33. The van der Waals surface area contributed by atoms with Gasteiger partial charge in [-0.3, -0.25) is 14.5 Å². The van der Waals surface area contributed by atoms with E-state index in [4.69, 9.17) is 10.5 Å². The summed E-state index contributed by atoms with van der Waals surface area (Å²) in [7, 11) is 0. The number of hydrogen-bond acceptors (Lipinski definition) is 5. The van der Waals surface area contributed by atoms with Crippen LogP contribution in [0.15, 0.2) is 24.3 Å². The smallest absolute Gasteiger partial charge is 0.405 e. The van der Waals surface area contributed by atoms with E-state index in [1.165, 1.54) is 29.2 Å². The summed E-state index contributed by atoms with van der Waals surface area (Å²) < 4.78 is 44.9. The minimum atomic E-state index is -4.43. The number of halogens is 3. The van der Waals surface area contributed by atoms with Crippen LogP contribution in [0.2, 0.25) is 0 Å². The lowest BCUT2D eigenvalue weighted by atomic mass is 10.1. The van der Waals surface area contributed by atoms with E-state index in [9.17, 15) is 22.8 Å². The first-order valence-corrected chi connectivity index (χ1v) is 8.08. The number of carbonyl (C=O) groups excluding carboxylic acids is 2. The van der Waals surface area contributed by atoms with E-state index in [-0.39, 0.29) is 25.3 Å². The van der Waals surface area contributed by atoms with Crippen molar-refractivity contribution in [1.82, 2.24) is 15.5 Å². The van der Waals surface area contributed by atoms with Crippen LogP contribution in [0.25, 0.3) is 0 Å². The Balaban J connectivity index is 1.93. The monoisotopic (exact) mass is 374 g/mol. The molecule has 1 heterocycles. The average molecular weight is 374 g/mol. The second-order valence-corrected chi connectivity index (χ2v) is 5.83. The van der Waals surface area contributed by atoms with Crippen molar-refractivity contribution in [1.29, 1.82) is 0 Å². The number of rotatable bonds is 7. The molecule has 1 aromatic rings. The Morgan fingerprint density at radius 2 is 1.85 bits per heavy atom. The molecule has 26 heavy (non-hydrogen) atoms. The topological polar surface area (TPSA) is 96.7 Å². The maximum atomic E-state index is 13.3. The molecule has 1 saturated heterocycles. The number of amides is 2. The summed E-state index contributed by atoms with van der Waals surface area (Å²) in [5.74, 6) is -0.928. The molecule has 0 saturated carbocycles. The highest BCUT2D eigenvalue weighted by molar-refractivity contribution is 5.94. The van der Waals surface area contributed by atoms with Gasteiger partial charge in [0.05, 0.1) is 0 Å². The van der Waals surface area contributed by atoms with Gasteiger partial charge < -0.3 is 21.1 Å². The van der Waals surface area contributed by atoms with Crippen LogP contribution in [0, 0.1) is 0 Å². The third-order valence-corrected chi connectivity index (χ3v) is 3.92. The number of piperazine rings is 1. The number of nitrogens with zero attached hydrogens (tertiary/aromatic N) is 1. The first-order valence-electron chi connectivity index (χ1n) is 8.08. The van der Waals surface area contributed by atoms with Gasteiger partial charge in [0.1, 0.15) is 11.8 Å². The molecule has 2 rings (SSSR count). The number of nitrogens with two attached hydrogens (primary N) is 1. The molecule has 0 aliphatic carbocycles. The predicted molar refractivity (Wildman–Crippen MR) is 87.8 cm³/mol. The Hall–Kier alpha value is -2.33. The molecule has 2 amide bonds. The summed E-state index contributed by atoms with van der Waals surface area (Å²) in [6, 6.07) is 3.95. The van der Waals surface area contributed by atoms with Crippen LogP contribution >= 0.6 is 0 Å². The highest BCUT2D eigenvalue weighted by Gasteiger charge is 2.43. The Kier molecular flexibility index (Phi) is 6.81. The highest BCUT2D eigenvalue weighted by Crippen LogP contribution is 2.25. The van der Waals surface area contributed by atoms with Gasteiger partial charge in [-0.1, -0.05) is 0 Å². The van der Waals surface area contributed by atoms with Gasteiger partial charge in [-0.25, -0.2) is 0 Å². The molecule has 1 atom stereocenters. The predicted octanol–water partition coefficient (Wildman–Crippen LogP) is 0.117. The van der Waals surface area contributed by atoms with Crippen molar-refractivity contribution >= 4 is 11.8 Å². The number of benzene rings is 1. The van der Waals surface area contributed by atoms with E-state index in [1.54, 1.807) is 0 Å². The van der Waals surface area contributed by atoms with Gasteiger partial charge in [0.15, 0.2) is 6.61 Å². The molecule has 0 bridgehead atoms. The lowest BCUT2D eigenvalue weighted by molar-refractivity contribution is -0.183. The van der Waals surface area contributed by atoms with Gasteiger partial charge >= 0.3 is 6.18 Å². The molecule has 1 fully saturated rings. The molecular formula is C16H21F3N4O3. The van der Waals surface area contributed by atoms with Crippen LogP contribution in [0.3, 0.4) is 0 Å². The zero-order chi connectivity index (χ0) is 19.2. The largest absolute Gasteiger partial charge is 0.484 e. The van der Waals surface area contributed by atoms with E-state index < -0.39 is 30.6 Å². The SMILES string of the molecule is NC(=O)COc1ccc(C(=O)NCC(N2CCNCC2)C(F)(F)F)cc1. The summed E-state index contributed by atoms with van der Waals surface area (Å²) in [4.78, 5) is 24.1. The van der Waals surface area contributed by atoms with Crippen LogP contribution in [0.4, 0.5) is 13.2 Å². The standard InChI is InChI=1S/C16H21F3N4O3/c17-16(18,19)13(23-7-5-21-6-8-23)9-22-15(25)11-1-3-12(4-2-11)26-10-14(20)24/h1-4,13,21H,5-10H2,(H2,20,24)(H,22,25). The first kappa shape index (κ1) is 20.0. The summed E-state index contributed by atoms with van der Waals surface area (Å²) in [6.45, 7) is 0.671. The molecule has 1 unspecified atom stereocenters. The van der Waals surface area contributed by atoms with E-state index in [1.807, 2.05) is 0 Å². The van der Waals surface area contributed by atoms with Crippen LogP contribution in [0.1, 0.15) is 10.4 Å². The Bertz CT molecular complexity index is 616. The Labute approximate surface area is 148 Å². The maximum absolute atomic E-state index is 13.3. The minimum absolute atomic E-state index is 0.192. The highest BCUT2D eigenvalue weighted by atomic mass is 19.4. The molecule has 10 heteroatoms. The van der Waals surface area contributed by atoms with Crippen molar-refractivity contribution in [3.05, 3.63) is 29.8 Å². The second kappa shape index (κ2) is 8.86. The zero-order valence-electron chi connectivity index (χ0n) is 14.0. The van der Waals surface area contributed by atoms with Gasteiger partial charge in [-0.05, 0) is 24.3 Å². The van der Waals surface area contributed by atoms with E-state index in [0.717, 1.165) is 0 Å². The molecule has 1 aliphatic rings. The molecule has 0 aromatic heterocycles. The van der Waals surface area contributed by atoms with Crippen molar-refractivity contribution in [2.45, 2.75) is 12.2 Å². The van der Waals surface area contributed by atoms with Crippen molar-refractivity contribution in [3.8, 4) is 5.75 Å². The zero-order valence-corrected chi connectivity index (χ0v) is 14.0. The number of alkyl halides is 3. The van der Waals surface area contributed by atoms with Crippen LogP contribution in [-0.4, -0.2) is 68.3 Å². The first-order chi connectivity index (χ1) is 12.3. The lowest BCUT2D eigenvalue weighted by Gasteiger charge is -2.35. The number of nitrogens with one attached hydrogen (secondary N) is 2. The summed E-state index contributed by atoms with van der Waals surface area (Å²) >= 11 is 0. The fourth-order valence-corrected chi connectivity index (χ4v) is 2.59. The molecule has 0 spiro atoms. The van der Waals surface area contributed by atoms with Crippen molar-refractivity contribution in [2.24, 2.45) is 5.73 Å². The van der Waals surface area contributed by atoms with Gasteiger partial charge in [0.2, 0.25) is 0 Å². The Morgan fingerprint density at radius 3 is 2.38 bits per heavy atom. The van der Waals surface area contributed by atoms with Crippen LogP contribution in [0.5, 0.6) is 5.75 Å². The lowest BCUT2D eigenvalue weighted by Crippen LogP contribution is -2.57. The van der Waals surface area contributed by atoms with Gasteiger partial charge in [0.25, 0.3) is 11.8 Å². The van der Waals surface area contributed by atoms with E-state index in [0.29, 0.717) is 18.8 Å². The number of ether oxygens (including phenoxy) is 1. The summed E-state index contributed by atoms with van der Waals surface area (Å²) in [5.41, 5.74) is 5.15. The fourth-order valence-electron chi connectivity index (χ4n) is 2.59. The molecule has 4 N–H and O–H groups in total. The van der Waals surface area contributed by atoms with Gasteiger partial charge in [-0.15, -0.1) is 0 Å². The molecule has 1 aromatic carbocycles. The third-order valence-electron chi connectivity index (χ3n) is 3.92. The maximum Gasteiger partial charge on any atom is 0.405 e. The van der Waals surface area contributed by atoms with Crippen molar-refractivity contribution in [3.63, 3.8) is 0 Å². The third kappa shape index (κ3) is 5.88. The van der Waals surface area contributed by atoms with E-state index >= 15 is 0 Å². The number of primary amides is 1. The molecular weight excluding hydrogens is 353 g/mol. The molecule has 7 nitrogen and oxygen atoms in total. The molecule has 0 radical (unpaired) electrons. The number of hydrogen-bond donors (Lipinski definition) is 3. The van der Waals surface area contributed by atoms with E-state index in [2.05, 4.69) is 10.6 Å². The van der Waals surface area contributed by atoms with Gasteiger partial charge in [0, 0.05) is 38.3 Å². The normalized spacial score (nSPS) is 16.7. The minimum Gasteiger partial charge on any atom is -0.484 e. The molecule has 1 aliphatic heterocycles. The number of carbonyl (C=O) groups is 2. The Morgan fingerprint density at radius 1 is 1.23 bits per heavy atom. The molecule has 144 valence electrons.